The van der Waals surface area contributed by atoms with Gasteiger partial charge in [-0.2, -0.15) is 4.99 Å². The molecule has 0 aromatic heterocycles. The molecule has 0 N–H and O–H groups in total. The van der Waals surface area contributed by atoms with Gasteiger partial charge in [0.1, 0.15) is 0 Å². The van der Waals surface area contributed by atoms with Crippen molar-refractivity contribution in [2.75, 3.05) is 6.61 Å². The Labute approximate surface area is 108 Å². The first kappa shape index (κ1) is 12.6. The van der Waals surface area contributed by atoms with Gasteiger partial charge in [-0.1, -0.05) is 29.8 Å². The summed E-state index contributed by atoms with van der Waals surface area (Å²) in [6, 6.07) is 6.78. The highest BCUT2D eigenvalue weighted by molar-refractivity contribution is 6.41. The molecule has 1 atom stereocenters. The smallest absolute Gasteiger partial charge is 0.435 e. The van der Waals surface area contributed by atoms with E-state index in [1.807, 2.05) is 0 Å². The second kappa shape index (κ2) is 5.18. The average molecular weight is 268 g/mol. The first-order valence-corrected chi connectivity index (χ1v) is 5.72. The van der Waals surface area contributed by atoms with Crippen LogP contribution in [0, 0.1) is 0 Å². The van der Waals surface area contributed by atoms with Gasteiger partial charge in [-0.05, 0) is 13.0 Å². The van der Waals surface area contributed by atoms with E-state index in [1.54, 1.807) is 31.2 Å². The van der Waals surface area contributed by atoms with E-state index in [-0.39, 0.29) is 12.3 Å². The molecule has 0 saturated carbocycles. The van der Waals surface area contributed by atoms with E-state index < -0.39 is 18.2 Å². The van der Waals surface area contributed by atoms with E-state index in [0.29, 0.717) is 10.6 Å². The second-order valence-electron chi connectivity index (χ2n) is 3.50. The summed E-state index contributed by atoms with van der Waals surface area (Å²) in [5.41, 5.74) is 0.437. The number of hydrogen-bond donors (Lipinski definition) is 0. The molecule has 0 spiro atoms. The SMILES string of the molecule is CCOC(=O)C1=NC(=O)OC1c1ccccc1Cl. The van der Waals surface area contributed by atoms with E-state index in [0.717, 1.165) is 0 Å². The van der Waals surface area contributed by atoms with Crippen LogP contribution < -0.4 is 0 Å². The zero-order chi connectivity index (χ0) is 13.1. The Kier molecular flexibility index (Phi) is 3.62. The number of benzene rings is 1. The Morgan fingerprint density at radius 1 is 1.50 bits per heavy atom. The van der Waals surface area contributed by atoms with Gasteiger partial charge in [0.25, 0.3) is 0 Å². The van der Waals surface area contributed by atoms with Crippen molar-refractivity contribution < 1.29 is 19.1 Å². The molecular weight excluding hydrogens is 258 g/mol. The number of hydrogen-bond acceptors (Lipinski definition) is 4. The maximum atomic E-state index is 11.7. The van der Waals surface area contributed by atoms with Crippen LogP contribution in [0.4, 0.5) is 4.79 Å². The highest BCUT2D eigenvalue weighted by atomic mass is 35.5. The van der Waals surface area contributed by atoms with Gasteiger partial charge in [-0.3, -0.25) is 0 Å². The van der Waals surface area contributed by atoms with Crippen molar-refractivity contribution in [2.24, 2.45) is 4.99 Å². The lowest BCUT2D eigenvalue weighted by molar-refractivity contribution is -0.135. The van der Waals surface area contributed by atoms with Gasteiger partial charge in [-0.15, -0.1) is 0 Å². The van der Waals surface area contributed by atoms with Crippen molar-refractivity contribution in [3.05, 3.63) is 34.9 Å². The van der Waals surface area contributed by atoms with E-state index in [2.05, 4.69) is 4.99 Å². The third-order valence-corrected chi connectivity index (χ3v) is 2.70. The van der Waals surface area contributed by atoms with Crippen molar-refractivity contribution in [1.82, 2.24) is 0 Å². The van der Waals surface area contributed by atoms with Gasteiger partial charge in [0, 0.05) is 10.6 Å². The molecule has 5 nitrogen and oxygen atoms in total. The zero-order valence-corrected chi connectivity index (χ0v) is 10.3. The Bertz CT molecular complexity index is 527. The number of halogens is 1. The van der Waals surface area contributed by atoms with Crippen molar-refractivity contribution in [3.63, 3.8) is 0 Å². The maximum absolute atomic E-state index is 11.7. The molecule has 1 aliphatic rings. The van der Waals surface area contributed by atoms with Gasteiger partial charge >= 0.3 is 12.1 Å². The zero-order valence-electron chi connectivity index (χ0n) is 9.55. The second-order valence-corrected chi connectivity index (χ2v) is 3.91. The minimum absolute atomic E-state index is 0.0741. The Hall–Kier alpha value is -1.88. The van der Waals surface area contributed by atoms with Crippen LogP contribution in [0.15, 0.2) is 29.3 Å². The molecule has 0 aliphatic carbocycles. The van der Waals surface area contributed by atoms with Crippen molar-refractivity contribution in [3.8, 4) is 0 Å². The molecule has 1 unspecified atom stereocenters. The number of aliphatic imine (C=N–C) groups is 1. The van der Waals surface area contributed by atoms with Gasteiger partial charge < -0.3 is 9.47 Å². The lowest BCUT2D eigenvalue weighted by atomic mass is 10.1. The standard InChI is InChI=1S/C12H10ClNO4/c1-2-17-11(15)9-10(18-12(16)14-9)7-5-3-4-6-8(7)13/h3-6,10H,2H2,1H3. The van der Waals surface area contributed by atoms with Crippen LogP contribution in [0.3, 0.4) is 0 Å². The van der Waals surface area contributed by atoms with Crippen LogP contribution in [-0.4, -0.2) is 24.4 Å². The molecule has 0 fully saturated rings. The van der Waals surface area contributed by atoms with Gasteiger partial charge in [0.05, 0.1) is 6.61 Å². The Morgan fingerprint density at radius 3 is 2.89 bits per heavy atom. The topological polar surface area (TPSA) is 65.0 Å². The molecule has 1 aromatic carbocycles. The van der Waals surface area contributed by atoms with E-state index in [9.17, 15) is 9.59 Å². The first-order chi connectivity index (χ1) is 8.63. The van der Waals surface area contributed by atoms with Crippen molar-refractivity contribution in [2.45, 2.75) is 13.0 Å². The minimum atomic E-state index is -0.898. The predicted molar refractivity (Wildman–Crippen MR) is 64.7 cm³/mol. The van der Waals surface area contributed by atoms with Crippen LogP contribution in [0.25, 0.3) is 0 Å². The lowest BCUT2D eigenvalue weighted by Crippen LogP contribution is -2.22. The fourth-order valence-corrected chi connectivity index (χ4v) is 1.83. The summed E-state index contributed by atoms with van der Waals surface area (Å²) in [5, 5.41) is 0.397. The molecule has 18 heavy (non-hydrogen) atoms. The number of amides is 1. The van der Waals surface area contributed by atoms with Gasteiger partial charge in [0.15, 0.2) is 11.8 Å². The fraction of sp³-hybridized carbons (Fsp3) is 0.250. The van der Waals surface area contributed by atoms with Crippen molar-refractivity contribution >= 4 is 29.4 Å². The average Bonchev–Trinajstić information content (AvgIpc) is 2.72. The number of cyclic esters (lactones) is 1. The normalized spacial score (nSPS) is 18.2. The third kappa shape index (κ3) is 2.36. The van der Waals surface area contributed by atoms with E-state index in [4.69, 9.17) is 21.1 Å². The number of carbonyl (C=O) groups excluding carboxylic acids is 2. The van der Waals surface area contributed by atoms with Crippen LogP contribution in [0.1, 0.15) is 18.6 Å². The van der Waals surface area contributed by atoms with Crippen molar-refractivity contribution in [1.29, 1.82) is 0 Å². The summed E-state index contributed by atoms with van der Waals surface area (Å²) in [6.07, 6.45) is -1.71. The summed E-state index contributed by atoms with van der Waals surface area (Å²) in [7, 11) is 0. The van der Waals surface area contributed by atoms with Gasteiger partial charge in [0.2, 0.25) is 0 Å². The molecule has 1 heterocycles. The van der Waals surface area contributed by atoms with Crippen LogP contribution in [-0.2, 0) is 14.3 Å². The summed E-state index contributed by atoms with van der Waals surface area (Å²) >= 11 is 6.00. The predicted octanol–water partition coefficient (Wildman–Crippen LogP) is 2.54. The van der Waals surface area contributed by atoms with Gasteiger partial charge in [-0.25, -0.2) is 9.59 Å². The number of ether oxygens (including phenoxy) is 2. The quantitative estimate of drug-likeness (QED) is 0.790. The minimum Gasteiger partial charge on any atom is -0.461 e. The number of carbonyl (C=O) groups is 2. The van der Waals surface area contributed by atoms with E-state index in [1.165, 1.54) is 0 Å². The fourth-order valence-electron chi connectivity index (χ4n) is 1.60. The molecule has 1 amide bonds. The molecule has 0 radical (unpaired) electrons. The molecular formula is C12H10ClNO4. The molecule has 1 aliphatic heterocycles. The van der Waals surface area contributed by atoms with Crippen LogP contribution >= 0.6 is 11.6 Å². The van der Waals surface area contributed by atoms with Crippen LogP contribution in [0.2, 0.25) is 5.02 Å². The molecule has 0 bridgehead atoms. The number of nitrogens with zero attached hydrogens (tertiary/aromatic N) is 1. The lowest BCUT2D eigenvalue weighted by Gasteiger charge is -2.12. The third-order valence-electron chi connectivity index (χ3n) is 2.35. The molecule has 94 valence electrons. The highest BCUT2D eigenvalue weighted by Gasteiger charge is 2.36. The van der Waals surface area contributed by atoms with Crippen LogP contribution in [0.5, 0.6) is 0 Å². The number of rotatable bonds is 3. The Balaban J connectivity index is 2.34. The molecule has 1 aromatic rings. The Morgan fingerprint density at radius 2 is 2.22 bits per heavy atom. The summed E-state index contributed by atoms with van der Waals surface area (Å²) in [5.74, 6) is -0.673. The largest absolute Gasteiger partial charge is 0.461 e. The summed E-state index contributed by atoms with van der Waals surface area (Å²) in [4.78, 5) is 26.4. The number of esters is 1. The summed E-state index contributed by atoms with van der Waals surface area (Å²) in [6.45, 7) is 1.86. The first-order valence-electron chi connectivity index (χ1n) is 5.34. The summed E-state index contributed by atoms with van der Waals surface area (Å²) < 4.78 is 9.80. The molecule has 2 rings (SSSR count). The monoisotopic (exact) mass is 267 g/mol. The maximum Gasteiger partial charge on any atom is 0.435 e. The molecule has 6 heteroatoms. The van der Waals surface area contributed by atoms with E-state index >= 15 is 0 Å². The highest BCUT2D eigenvalue weighted by Crippen LogP contribution is 2.30. The molecule has 0 saturated heterocycles.